The van der Waals surface area contributed by atoms with Crippen LogP contribution in [0.2, 0.25) is 0 Å². The van der Waals surface area contributed by atoms with Gasteiger partial charge in [0, 0.05) is 28.7 Å². The average molecular weight is 343 g/mol. The Morgan fingerprint density at radius 1 is 1.17 bits per heavy atom. The molecule has 0 radical (unpaired) electrons. The van der Waals surface area contributed by atoms with Crippen molar-refractivity contribution in [2.45, 2.75) is 12.1 Å². The summed E-state index contributed by atoms with van der Waals surface area (Å²) in [6.07, 6.45) is 3.50. The third-order valence-electron chi connectivity index (χ3n) is 3.29. The number of rotatable bonds is 5. The molecule has 116 valence electrons. The van der Waals surface area contributed by atoms with Gasteiger partial charge in [0.25, 0.3) is 0 Å². The highest BCUT2D eigenvalue weighted by molar-refractivity contribution is 7.99. The third-order valence-corrected chi connectivity index (χ3v) is 4.59. The van der Waals surface area contributed by atoms with Crippen molar-refractivity contribution in [1.29, 1.82) is 0 Å². The second-order valence-corrected chi connectivity index (χ2v) is 6.45. The number of para-hydroxylation sites is 1. The highest BCUT2D eigenvalue weighted by atomic mass is 35.5. The number of hydrogen-bond donors (Lipinski definition) is 0. The van der Waals surface area contributed by atoms with E-state index in [1.54, 1.807) is 12.4 Å². The molecular weight excluding hydrogens is 328 g/mol. The van der Waals surface area contributed by atoms with Gasteiger partial charge in [-0.25, -0.2) is 0 Å². The fourth-order valence-corrected chi connectivity index (χ4v) is 3.09. The summed E-state index contributed by atoms with van der Waals surface area (Å²) in [5.41, 5.74) is 3.16. The zero-order chi connectivity index (χ0) is 16.2. The zero-order valence-corrected chi connectivity index (χ0v) is 14.2. The molecule has 6 heteroatoms. The van der Waals surface area contributed by atoms with Gasteiger partial charge in [-0.15, -0.1) is 10.2 Å². The molecule has 3 rings (SSSR count). The summed E-state index contributed by atoms with van der Waals surface area (Å²) in [5, 5.41) is 10.1. The van der Waals surface area contributed by atoms with Gasteiger partial charge in [-0.05, 0) is 30.7 Å². The maximum Gasteiger partial charge on any atom is 0.196 e. The highest BCUT2D eigenvalue weighted by Crippen LogP contribution is 2.30. The van der Waals surface area contributed by atoms with E-state index in [1.807, 2.05) is 24.3 Å². The minimum absolute atomic E-state index is 0.583. The normalized spacial score (nSPS) is 10.7. The van der Waals surface area contributed by atoms with Crippen LogP contribution in [0.15, 0.2) is 65.6 Å². The summed E-state index contributed by atoms with van der Waals surface area (Å²) in [7, 11) is 0. The molecule has 0 saturated carbocycles. The van der Waals surface area contributed by atoms with Crippen LogP contribution >= 0.6 is 23.4 Å². The van der Waals surface area contributed by atoms with Crippen LogP contribution < -0.4 is 0 Å². The molecule has 0 amide bonds. The summed E-state index contributed by atoms with van der Waals surface area (Å²) in [5.74, 6) is 1.37. The highest BCUT2D eigenvalue weighted by Gasteiger charge is 2.17. The van der Waals surface area contributed by atoms with Gasteiger partial charge >= 0.3 is 0 Å². The molecule has 0 unspecified atom stereocenters. The van der Waals surface area contributed by atoms with Crippen LogP contribution in [0.5, 0.6) is 0 Å². The molecule has 2 heterocycles. The molecule has 0 aliphatic rings. The first-order valence-corrected chi connectivity index (χ1v) is 8.41. The van der Waals surface area contributed by atoms with Gasteiger partial charge in [0.1, 0.15) is 0 Å². The van der Waals surface area contributed by atoms with Crippen LogP contribution in [0.3, 0.4) is 0 Å². The van der Waals surface area contributed by atoms with E-state index in [9.17, 15) is 0 Å². The van der Waals surface area contributed by atoms with Gasteiger partial charge in [0.15, 0.2) is 11.0 Å². The summed E-state index contributed by atoms with van der Waals surface area (Å²) < 4.78 is 2.05. The van der Waals surface area contributed by atoms with Crippen molar-refractivity contribution in [3.8, 4) is 17.1 Å². The molecule has 3 aromatic rings. The molecule has 0 atom stereocenters. The third kappa shape index (κ3) is 3.46. The van der Waals surface area contributed by atoms with Gasteiger partial charge in [-0.1, -0.05) is 48.1 Å². The number of hydrogen-bond acceptors (Lipinski definition) is 4. The Morgan fingerprint density at radius 2 is 1.91 bits per heavy atom. The Hall–Kier alpha value is -2.11. The van der Waals surface area contributed by atoms with E-state index in [4.69, 9.17) is 11.6 Å². The maximum atomic E-state index is 5.90. The Balaban J connectivity index is 2.14. The van der Waals surface area contributed by atoms with Crippen LogP contribution in [0.4, 0.5) is 0 Å². The van der Waals surface area contributed by atoms with Crippen LogP contribution in [0.25, 0.3) is 17.1 Å². The SMILES string of the molecule is C=C(Cl)CSc1nnc(-c2ccncc2)n1-c1ccccc1C. The van der Waals surface area contributed by atoms with Crippen LogP contribution in [-0.2, 0) is 0 Å². The second kappa shape index (κ2) is 6.98. The van der Waals surface area contributed by atoms with E-state index in [1.165, 1.54) is 11.8 Å². The fourth-order valence-electron chi connectivity index (χ4n) is 2.23. The predicted molar refractivity (Wildman–Crippen MR) is 95.0 cm³/mol. The quantitative estimate of drug-likeness (QED) is 0.641. The van der Waals surface area contributed by atoms with Crippen LogP contribution in [0.1, 0.15) is 5.56 Å². The number of halogens is 1. The van der Waals surface area contributed by atoms with Crippen LogP contribution in [0, 0.1) is 6.92 Å². The molecule has 4 nitrogen and oxygen atoms in total. The number of aromatic nitrogens is 4. The largest absolute Gasteiger partial charge is 0.270 e. The summed E-state index contributed by atoms with van der Waals surface area (Å²) in [6.45, 7) is 5.80. The summed E-state index contributed by atoms with van der Waals surface area (Å²) >= 11 is 7.42. The van der Waals surface area contributed by atoms with Crippen molar-refractivity contribution < 1.29 is 0 Å². The molecule has 0 aliphatic heterocycles. The maximum absolute atomic E-state index is 5.90. The van der Waals surface area contributed by atoms with Gasteiger partial charge < -0.3 is 0 Å². The fraction of sp³-hybridized carbons (Fsp3) is 0.118. The van der Waals surface area contributed by atoms with Gasteiger partial charge in [0.05, 0.1) is 5.69 Å². The smallest absolute Gasteiger partial charge is 0.196 e. The Bertz CT molecular complexity index is 830. The van der Waals surface area contributed by atoms with Crippen molar-refractivity contribution in [3.05, 3.63) is 66.0 Å². The number of aryl methyl sites for hydroxylation is 1. The monoisotopic (exact) mass is 342 g/mol. The number of nitrogens with zero attached hydrogens (tertiary/aromatic N) is 4. The van der Waals surface area contributed by atoms with E-state index in [0.717, 1.165) is 27.8 Å². The standard InChI is InChI=1S/C17H15ClN4S/c1-12-5-3-4-6-15(12)22-16(14-7-9-19-10-8-14)20-21-17(22)23-11-13(2)18/h3-10H,2,11H2,1H3. The first kappa shape index (κ1) is 15.8. The van der Waals surface area contributed by atoms with E-state index < -0.39 is 0 Å². The molecule has 0 spiro atoms. The second-order valence-electron chi connectivity index (χ2n) is 4.97. The van der Waals surface area contributed by atoms with Crippen molar-refractivity contribution in [2.75, 3.05) is 5.75 Å². The topological polar surface area (TPSA) is 43.6 Å². The molecule has 0 bridgehead atoms. The molecule has 0 fully saturated rings. The molecule has 0 N–H and O–H groups in total. The minimum Gasteiger partial charge on any atom is -0.270 e. The molecule has 1 aromatic carbocycles. The van der Waals surface area contributed by atoms with E-state index >= 15 is 0 Å². The first-order chi connectivity index (χ1) is 11.2. The van der Waals surface area contributed by atoms with Crippen LogP contribution in [-0.4, -0.2) is 25.5 Å². The first-order valence-electron chi connectivity index (χ1n) is 7.04. The number of benzene rings is 1. The van der Waals surface area contributed by atoms with Gasteiger partial charge in [-0.2, -0.15) is 0 Å². The number of pyridine rings is 1. The molecule has 0 aliphatic carbocycles. The van der Waals surface area contributed by atoms with Crippen molar-refractivity contribution in [2.24, 2.45) is 0 Å². The molecule has 2 aromatic heterocycles. The zero-order valence-electron chi connectivity index (χ0n) is 12.6. The lowest BCUT2D eigenvalue weighted by atomic mass is 10.2. The average Bonchev–Trinajstić information content (AvgIpc) is 2.98. The minimum atomic E-state index is 0.583. The predicted octanol–water partition coefficient (Wildman–Crippen LogP) is 4.48. The molecular formula is C17H15ClN4S. The lowest BCUT2D eigenvalue weighted by Crippen LogP contribution is -2.02. The van der Waals surface area contributed by atoms with Gasteiger partial charge in [-0.3, -0.25) is 9.55 Å². The van der Waals surface area contributed by atoms with E-state index in [0.29, 0.717) is 10.8 Å². The van der Waals surface area contributed by atoms with Crippen molar-refractivity contribution in [1.82, 2.24) is 19.7 Å². The van der Waals surface area contributed by atoms with E-state index in [2.05, 4.69) is 45.4 Å². The lowest BCUT2D eigenvalue weighted by Gasteiger charge is -2.12. The number of thioether (sulfide) groups is 1. The summed E-state index contributed by atoms with van der Waals surface area (Å²) in [4.78, 5) is 4.07. The lowest BCUT2D eigenvalue weighted by molar-refractivity contribution is 0.882. The van der Waals surface area contributed by atoms with E-state index in [-0.39, 0.29) is 0 Å². The Labute approximate surface area is 144 Å². The summed E-state index contributed by atoms with van der Waals surface area (Å²) in [6, 6.07) is 12.0. The Kier molecular flexibility index (Phi) is 4.79. The molecule has 23 heavy (non-hydrogen) atoms. The Morgan fingerprint density at radius 3 is 2.61 bits per heavy atom. The van der Waals surface area contributed by atoms with Crippen molar-refractivity contribution >= 4 is 23.4 Å². The molecule has 0 saturated heterocycles. The van der Waals surface area contributed by atoms with Crippen molar-refractivity contribution in [3.63, 3.8) is 0 Å². The van der Waals surface area contributed by atoms with Gasteiger partial charge in [0.2, 0.25) is 0 Å².